The van der Waals surface area contributed by atoms with Crippen LogP contribution in [0.2, 0.25) is 0 Å². The second-order valence-corrected chi connectivity index (χ2v) is 6.32. The van der Waals surface area contributed by atoms with Crippen LogP contribution in [0.25, 0.3) is 11.0 Å². The fourth-order valence-corrected chi connectivity index (χ4v) is 3.25. The molecule has 1 amide bonds. The van der Waals surface area contributed by atoms with Gasteiger partial charge < -0.3 is 9.73 Å². The van der Waals surface area contributed by atoms with Gasteiger partial charge in [0.2, 0.25) is 0 Å². The van der Waals surface area contributed by atoms with Gasteiger partial charge in [-0.1, -0.05) is 0 Å². The molecule has 0 spiro atoms. The van der Waals surface area contributed by atoms with Gasteiger partial charge in [-0.3, -0.25) is 4.79 Å². The highest BCUT2D eigenvalue weighted by molar-refractivity contribution is 5.97. The first-order valence-corrected chi connectivity index (χ1v) is 8.24. The first-order valence-electron chi connectivity index (χ1n) is 8.24. The number of aromatic nitrogens is 2. The molecule has 5 heteroatoms. The predicted octanol–water partition coefficient (Wildman–Crippen LogP) is 3.65. The third kappa shape index (κ3) is 2.56. The van der Waals surface area contributed by atoms with Gasteiger partial charge in [0.25, 0.3) is 5.91 Å². The van der Waals surface area contributed by atoms with Crippen LogP contribution in [0.5, 0.6) is 0 Å². The van der Waals surface area contributed by atoms with Crippen molar-refractivity contribution in [1.82, 2.24) is 15.3 Å². The average molecular weight is 321 g/mol. The minimum atomic E-state index is -0.0871. The number of carbonyl (C=O) groups excluding carboxylic acids is 1. The van der Waals surface area contributed by atoms with Crippen LogP contribution in [0.3, 0.4) is 0 Å². The molecule has 1 aliphatic rings. The van der Waals surface area contributed by atoms with Crippen molar-refractivity contribution in [3.8, 4) is 0 Å². The van der Waals surface area contributed by atoms with Gasteiger partial charge in [-0.05, 0) is 51.0 Å². The molecule has 2 aromatic heterocycles. The van der Waals surface area contributed by atoms with Gasteiger partial charge >= 0.3 is 0 Å². The zero-order valence-corrected chi connectivity index (χ0v) is 13.8. The highest BCUT2D eigenvalue weighted by Gasteiger charge is 2.24. The number of rotatable bonds is 2. The molecule has 0 saturated carbocycles. The van der Waals surface area contributed by atoms with E-state index in [2.05, 4.69) is 15.3 Å². The molecule has 2 heterocycles. The van der Waals surface area contributed by atoms with Crippen LogP contribution in [-0.2, 0) is 6.42 Å². The Bertz CT molecular complexity index is 930. The number of furan rings is 1. The molecule has 1 aromatic carbocycles. The Kier molecular flexibility index (Phi) is 3.56. The summed E-state index contributed by atoms with van der Waals surface area (Å²) in [5.74, 6) is 0.901. The van der Waals surface area contributed by atoms with E-state index in [-0.39, 0.29) is 11.9 Å². The lowest BCUT2D eigenvalue weighted by Crippen LogP contribution is -2.30. The minimum absolute atomic E-state index is 0.0153. The molecule has 1 aliphatic carbocycles. The monoisotopic (exact) mass is 321 g/mol. The van der Waals surface area contributed by atoms with Crippen LogP contribution in [0, 0.1) is 13.8 Å². The Balaban J connectivity index is 1.61. The van der Waals surface area contributed by atoms with E-state index in [1.807, 2.05) is 32.0 Å². The van der Waals surface area contributed by atoms with E-state index in [1.54, 1.807) is 12.3 Å². The summed E-state index contributed by atoms with van der Waals surface area (Å²) in [6.45, 7) is 3.87. The van der Waals surface area contributed by atoms with Crippen molar-refractivity contribution in [2.45, 2.75) is 39.2 Å². The Labute approximate surface area is 140 Å². The van der Waals surface area contributed by atoms with Crippen LogP contribution >= 0.6 is 0 Å². The molecule has 0 fully saturated rings. The molecule has 0 saturated heterocycles. The number of fused-ring (bicyclic) bond motifs is 2. The van der Waals surface area contributed by atoms with Crippen molar-refractivity contribution in [2.24, 2.45) is 0 Å². The molecule has 0 aliphatic heterocycles. The van der Waals surface area contributed by atoms with Gasteiger partial charge in [-0.2, -0.15) is 0 Å². The first kappa shape index (κ1) is 14.9. The molecule has 4 rings (SSSR count). The van der Waals surface area contributed by atoms with Crippen LogP contribution in [0.1, 0.15) is 52.0 Å². The average Bonchev–Trinajstić information content (AvgIpc) is 3.05. The zero-order chi connectivity index (χ0) is 16.7. The van der Waals surface area contributed by atoms with E-state index in [0.717, 1.165) is 53.0 Å². The Morgan fingerprint density at radius 3 is 2.79 bits per heavy atom. The van der Waals surface area contributed by atoms with Crippen LogP contribution in [-0.4, -0.2) is 15.9 Å². The van der Waals surface area contributed by atoms with Crippen LogP contribution < -0.4 is 5.32 Å². The largest absolute Gasteiger partial charge is 0.469 e. The first-order chi connectivity index (χ1) is 11.6. The molecule has 3 aromatic rings. The summed E-state index contributed by atoms with van der Waals surface area (Å²) >= 11 is 0. The lowest BCUT2D eigenvalue weighted by Gasteiger charge is -2.22. The van der Waals surface area contributed by atoms with Gasteiger partial charge in [0.15, 0.2) is 0 Å². The molecule has 0 bridgehead atoms. The van der Waals surface area contributed by atoms with Crippen molar-refractivity contribution in [3.63, 3.8) is 0 Å². The lowest BCUT2D eigenvalue weighted by atomic mass is 9.93. The number of aryl methyl sites for hydroxylation is 3. The van der Waals surface area contributed by atoms with Crippen molar-refractivity contribution < 1.29 is 9.21 Å². The van der Waals surface area contributed by atoms with Gasteiger partial charge in [0, 0.05) is 17.5 Å². The van der Waals surface area contributed by atoms with E-state index in [4.69, 9.17) is 4.42 Å². The molecule has 0 unspecified atom stereocenters. The van der Waals surface area contributed by atoms with Gasteiger partial charge in [0.05, 0.1) is 34.7 Å². The maximum absolute atomic E-state index is 12.7. The predicted molar refractivity (Wildman–Crippen MR) is 90.9 cm³/mol. The molecular weight excluding hydrogens is 302 g/mol. The number of carbonyl (C=O) groups is 1. The van der Waals surface area contributed by atoms with Crippen molar-refractivity contribution in [1.29, 1.82) is 0 Å². The summed E-state index contributed by atoms with van der Waals surface area (Å²) in [5.41, 5.74) is 5.06. The normalized spacial score (nSPS) is 16.8. The fraction of sp³-hybridized carbons (Fsp3) is 0.316. The second kappa shape index (κ2) is 5.74. The fourth-order valence-electron chi connectivity index (χ4n) is 3.25. The molecule has 1 N–H and O–H groups in total. The number of amides is 1. The summed E-state index contributed by atoms with van der Waals surface area (Å²) < 4.78 is 5.49. The standard InChI is InChI=1S/C19H19N3O2/c1-11-12(2)21-17-10-13(6-7-16(17)20-11)19(23)22-15-4-3-5-18-14(15)8-9-24-18/h6-10,15H,3-5H2,1-2H3,(H,22,23)/t15-/m1/s1. The molecule has 5 nitrogen and oxygen atoms in total. The Morgan fingerprint density at radius 1 is 1.17 bits per heavy atom. The summed E-state index contributed by atoms with van der Waals surface area (Å²) in [6, 6.07) is 7.44. The molecule has 24 heavy (non-hydrogen) atoms. The smallest absolute Gasteiger partial charge is 0.251 e. The maximum atomic E-state index is 12.7. The van der Waals surface area contributed by atoms with Crippen LogP contribution in [0.4, 0.5) is 0 Å². The second-order valence-electron chi connectivity index (χ2n) is 6.32. The summed E-state index contributed by atoms with van der Waals surface area (Å²) in [5, 5.41) is 3.12. The van der Waals surface area contributed by atoms with Gasteiger partial charge in [-0.15, -0.1) is 0 Å². The summed E-state index contributed by atoms with van der Waals surface area (Å²) in [6.07, 6.45) is 4.60. The van der Waals surface area contributed by atoms with Crippen molar-refractivity contribution >= 4 is 16.9 Å². The quantitative estimate of drug-likeness (QED) is 0.782. The number of hydrogen-bond donors (Lipinski definition) is 1. The van der Waals surface area contributed by atoms with E-state index in [9.17, 15) is 4.79 Å². The zero-order valence-electron chi connectivity index (χ0n) is 13.8. The number of nitrogens with zero attached hydrogens (tertiary/aromatic N) is 2. The van der Waals surface area contributed by atoms with Gasteiger partial charge in [0.1, 0.15) is 5.76 Å². The molecular formula is C19H19N3O2. The number of hydrogen-bond acceptors (Lipinski definition) is 4. The minimum Gasteiger partial charge on any atom is -0.469 e. The Hall–Kier alpha value is -2.69. The van der Waals surface area contributed by atoms with Crippen molar-refractivity contribution in [3.05, 3.63) is 58.8 Å². The van der Waals surface area contributed by atoms with E-state index < -0.39 is 0 Å². The van der Waals surface area contributed by atoms with Gasteiger partial charge in [-0.25, -0.2) is 9.97 Å². The van der Waals surface area contributed by atoms with Crippen LogP contribution in [0.15, 0.2) is 34.9 Å². The summed E-state index contributed by atoms with van der Waals surface area (Å²) in [7, 11) is 0. The highest BCUT2D eigenvalue weighted by Crippen LogP contribution is 2.30. The third-order valence-corrected chi connectivity index (χ3v) is 4.69. The highest BCUT2D eigenvalue weighted by atomic mass is 16.3. The summed E-state index contributed by atoms with van der Waals surface area (Å²) in [4.78, 5) is 21.7. The molecule has 0 radical (unpaired) electrons. The molecule has 1 atom stereocenters. The SMILES string of the molecule is Cc1nc2ccc(C(=O)N[C@@H]3CCCc4occc43)cc2nc1C. The molecule has 122 valence electrons. The Morgan fingerprint density at radius 2 is 1.96 bits per heavy atom. The van der Waals surface area contributed by atoms with E-state index >= 15 is 0 Å². The number of benzene rings is 1. The van der Waals surface area contributed by atoms with E-state index in [1.165, 1.54) is 0 Å². The van der Waals surface area contributed by atoms with E-state index in [0.29, 0.717) is 5.56 Å². The number of nitrogens with one attached hydrogen (secondary N) is 1. The lowest BCUT2D eigenvalue weighted by molar-refractivity contribution is 0.0932. The topological polar surface area (TPSA) is 68.0 Å². The van der Waals surface area contributed by atoms with Crippen molar-refractivity contribution in [2.75, 3.05) is 0 Å². The third-order valence-electron chi connectivity index (χ3n) is 4.69. The maximum Gasteiger partial charge on any atom is 0.251 e.